The number of rotatable bonds is 9. The number of carbonyl (C=O) groups is 3. The van der Waals surface area contributed by atoms with Crippen LogP contribution >= 0.6 is 0 Å². The van der Waals surface area contributed by atoms with Crippen LogP contribution in [0.4, 0.5) is 14.5 Å². The van der Waals surface area contributed by atoms with Crippen molar-refractivity contribution in [2.24, 2.45) is 7.05 Å². The highest BCUT2D eigenvalue weighted by Crippen LogP contribution is 2.33. The molecule has 2 fully saturated rings. The summed E-state index contributed by atoms with van der Waals surface area (Å²) >= 11 is 0. The Kier molecular flexibility index (Phi) is 7.66. The van der Waals surface area contributed by atoms with Crippen LogP contribution in [-0.4, -0.2) is 58.0 Å². The maximum absolute atomic E-state index is 13.2. The second kappa shape index (κ2) is 10.7. The van der Waals surface area contributed by atoms with Gasteiger partial charge in [0.2, 0.25) is 17.7 Å². The van der Waals surface area contributed by atoms with Crippen LogP contribution in [0.1, 0.15) is 69.4 Å². The third-order valence-electron chi connectivity index (χ3n) is 6.94. The Morgan fingerprint density at radius 3 is 2.66 bits per heavy atom. The van der Waals surface area contributed by atoms with Gasteiger partial charge in [-0.15, -0.1) is 0 Å². The summed E-state index contributed by atoms with van der Waals surface area (Å²) in [6.45, 7) is 1.06. The molecule has 0 aliphatic carbocycles. The monoisotopic (exact) mass is 489 g/mol. The van der Waals surface area contributed by atoms with E-state index in [0.717, 1.165) is 48.8 Å². The molecular weight excluding hydrogens is 456 g/mol. The highest BCUT2D eigenvalue weighted by Gasteiger charge is 2.35. The van der Waals surface area contributed by atoms with Crippen molar-refractivity contribution in [3.63, 3.8) is 0 Å². The molecule has 2 aromatic rings. The Morgan fingerprint density at radius 1 is 1.17 bits per heavy atom. The number of hydrogen-bond donors (Lipinski definition) is 2. The van der Waals surface area contributed by atoms with Crippen molar-refractivity contribution in [1.82, 2.24) is 20.0 Å². The van der Waals surface area contributed by atoms with Gasteiger partial charge >= 0.3 is 0 Å². The number of fused-ring (bicyclic) bond motifs is 1. The first-order valence-electron chi connectivity index (χ1n) is 12.4. The van der Waals surface area contributed by atoms with Gasteiger partial charge in [0.05, 0.1) is 22.8 Å². The minimum Gasteiger partial charge on any atom is -0.383 e. The number of halogens is 2. The van der Waals surface area contributed by atoms with Gasteiger partial charge in [0.1, 0.15) is 0 Å². The summed E-state index contributed by atoms with van der Waals surface area (Å²) in [4.78, 5) is 37.6. The number of amides is 3. The molecule has 3 amide bonds. The zero-order valence-electron chi connectivity index (χ0n) is 20.1. The predicted molar refractivity (Wildman–Crippen MR) is 128 cm³/mol. The van der Waals surface area contributed by atoms with Crippen molar-refractivity contribution in [2.75, 3.05) is 25.0 Å². The van der Waals surface area contributed by atoms with Gasteiger partial charge in [0.25, 0.3) is 5.92 Å². The van der Waals surface area contributed by atoms with Gasteiger partial charge in [-0.05, 0) is 25.3 Å². The SMILES string of the molecule is Cn1nc(C2CCC(=O)NC2=O)c2cccc(NCCCCCCC(=O)N3CCC(F)(F)CC3)c21. The van der Waals surface area contributed by atoms with E-state index in [0.29, 0.717) is 25.0 Å². The molecule has 2 saturated heterocycles. The molecule has 0 spiro atoms. The lowest BCUT2D eigenvalue weighted by Crippen LogP contribution is -2.42. The second-order valence-electron chi connectivity index (χ2n) is 9.54. The number of carbonyl (C=O) groups excluding carboxylic acids is 3. The summed E-state index contributed by atoms with van der Waals surface area (Å²) in [6, 6.07) is 5.87. The fourth-order valence-electron chi connectivity index (χ4n) is 4.94. The number of aryl methyl sites for hydroxylation is 1. The largest absolute Gasteiger partial charge is 0.383 e. The average Bonchev–Trinajstić information content (AvgIpc) is 3.15. The van der Waals surface area contributed by atoms with Gasteiger partial charge in [0, 0.05) is 57.8 Å². The molecule has 2 aliphatic heterocycles. The number of para-hydroxylation sites is 1. The lowest BCUT2D eigenvalue weighted by atomic mass is 9.92. The van der Waals surface area contributed by atoms with Crippen LogP contribution < -0.4 is 10.6 Å². The number of aromatic nitrogens is 2. The van der Waals surface area contributed by atoms with Gasteiger partial charge < -0.3 is 10.2 Å². The molecule has 1 aromatic carbocycles. The summed E-state index contributed by atoms with van der Waals surface area (Å²) < 4.78 is 28.2. The van der Waals surface area contributed by atoms with Crippen LogP contribution in [-0.2, 0) is 21.4 Å². The molecule has 35 heavy (non-hydrogen) atoms. The van der Waals surface area contributed by atoms with Gasteiger partial charge in [-0.25, -0.2) is 8.78 Å². The molecule has 0 bridgehead atoms. The quantitative estimate of drug-likeness (QED) is 0.414. The summed E-state index contributed by atoms with van der Waals surface area (Å²) in [6.07, 6.45) is 4.28. The van der Waals surface area contributed by atoms with Crippen molar-refractivity contribution < 1.29 is 23.2 Å². The molecule has 3 heterocycles. The molecule has 4 rings (SSSR count). The summed E-state index contributed by atoms with van der Waals surface area (Å²) in [7, 11) is 1.85. The number of piperidine rings is 2. The van der Waals surface area contributed by atoms with Crippen LogP contribution in [0.5, 0.6) is 0 Å². The molecular formula is C25H33F2N5O3. The van der Waals surface area contributed by atoms with E-state index >= 15 is 0 Å². The van der Waals surface area contributed by atoms with Crippen molar-refractivity contribution in [2.45, 2.75) is 69.6 Å². The van der Waals surface area contributed by atoms with Crippen molar-refractivity contribution in [1.29, 1.82) is 0 Å². The van der Waals surface area contributed by atoms with E-state index < -0.39 is 11.8 Å². The van der Waals surface area contributed by atoms with Gasteiger partial charge in [0.15, 0.2) is 0 Å². The van der Waals surface area contributed by atoms with Crippen molar-refractivity contribution in [3.8, 4) is 0 Å². The first kappa shape index (κ1) is 25.1. The topological polar surface area (TPSA) is 96.3 Å². The first-order valence-corrected chi connectivity index (χ1v) is 12.4. The zero-order chi connectivity index (χ0) is 25.0. The molecule has 0 radical (unpaired) electrons. The minimum atomic E-state index is -2.63. The summed E-state index contributed by atoms with van der Waals surface area (Å²) in [5.41, 5.74) is 2.55. The lowest BCUT2D eigenvalue weighted by molar-refractivity contribution is -0.137. The van der Waals surface area contributed by atoms with E-state index in [1.807, 2.05) is 25.2 Å². The number of nitrogens with one attached hydrogen (secondary N) is 2. The fraction of sp³-hybridized carbons (Fsp3) is 0.600. The molecule has 2 aliphatic rings. The van der Waals surface area contributed by atoms with E-state index in [1.54, 1.807) is 9.58 Å². The number of imide groups is 1. The Morgan fingerprint density at radius 2 is 1.91 bits per heavy atom. The third kappa shape index (κ3) is 5.97. The smallest absolute Gasteiger partial charge is 0.251 e. The standard InChI is InChI=1S/C25H33F2N5O3/c1-31-23-17(22(30-31)18-10-11-20(33)29-24(18)35)7-6-8-19(23)28-14-5-3-2-4-9-21(34)32-15-12-25(26,27)13-16-32/h6-8,18,28H,2-5,9-16H2,1H3,(H,29,33,35). The van der Waals surface area contributed by atoms with E-state index in [2.05, 4.69) is 15.7 Å². The Labute approximate surface area is 203 Å². The van der Waals surface area contributed by atoms with Gasteiger partial charge in [-0.1, -0.05) is 25.0 Å². The van der Waals surface area contributed by atoms with E-state index in [-0.39, 0.29) is 43.7 Å². The number of hydrogen-bond acceptors (Lipinski definition) is 5. The number of nitrogens with zero attached hydrogens (tertiary/aromatic N) is 3. The molecule has 1 atom stereocenters. The molecule has 1 aromatic heterocycles. The maximum atomic E-state index is 13.2. The predicted octanol–water partition coefficient (Wildman–Crippen LogP) is 3.71. The molecule has 1 unspecified atom stereocenters. The van der Waals surface area contributed by atoms with Crippen LogP contribution in [0, 0.1) is 0 Å². The number of unbranched alkanes of at least 4 members (excludes halogenated alkanes) is 3. The lowest BCUT2D eigenvalue weighted by Gasteiger charge is -2.31. The molecule has 2 N–H and O–H groups in total. The maximum Gasteiger partial charge on any atom is 0.251 e. The normalized spacial score (nSPS) is 20.2. The number of benzene rings is 1. The molecule has 8 nitrogen and oxygen atoms in total. The number of anilines is 1. The second-order valence-corrected chi connectivity index (χ2v) is 9.54. The van der Waals surface area contributed by atoms with Crippen LogP contribution in [0.2, 0.25) is 0 Å². The third-order valence-corrected chi connectivity index (χ3v) is 6.94. The zero-order valence-corrected chi connectivity index (χ0v) is 20.1. The van der Waals surface area contributed by atoms with Crippen molar-refractivity contribution >= 4 is 34.3 Å². The summed E-state index contributed by atoms with van der Waals surface area (Å²) in [5, 5.41) is 11.4. The first-order chi connectivity index (χ1) is 16.7. The number of alkyl halides is 2. The highest BCUT2D eigenvalue weighted by molar-refractivity contribution is 6.03. The minimum absolute atomic E-state index is 0.0201. The highest BCUT2D eigenvalue weighted by atomic mass is 19.3. The average molecular weight is 490 g/mol. The molecule has 0 saturated carbocycles. The summed E-state index contributed by atoms with van der Waals surface area (Å²) in [5.74, 6) is -3.62. The van der Waals surface area contributed by atoms with E-state index in [9.17, 15) is 23.2 Å². The van der Waals surface area contributed by atoms with Crippen LogP contribution in [0.15, 0.2) is 18.2 Å². The Balaban J connectivity index is 1.23. The van der Waals surface area contributed by atoms with Crippen LogP contribution in [0.3, 0.4) is 0 Å². The van der Waals surface area contributed by atoms with Crippen LogP contribution in [0.25, 0.3) is 10.9 Å². The van der Waals surface area contributed by atoms with E-state index in [1.165, 1.54) is 0 Å². The number of likely N-dealkylation sites (tertiary alicyclic amines) is 1. The Hall–Kier alpha value is -3.04. The molecule has 10 heteroatoms. The fourth-order valence-corrected chi connectivity index (χ4v) is 4.94. The van der Waals surface area contributed by atoms with Gasteiger partial charge in [-0.3, -0.25) is 24.4 Å². The van der Waals surface area contributed by atoms with Gasteiger partial charge in [-0.2, -0.15) is 5.10 Å². The van der Waals surface area contributed by atoms with E-state index in [4.69, 9.17) is 0 Å². The van der Waals surface area contributed by atoms with Crippen molar-refractivity contribution in [3.05, 3.63) is 23.9 Å². The Bertz CT molecular complexity index is 1090. The molecule has 190 valence electrons.